The summed E-state index contributed by atoms with van der Waals surface area (Å²) >= 11 is 7.47. The van der Waals surface area contributed by atoms with Gasteiger partial charge in [0.15, 0.2) is 17.5 Å². The normalized spacial score (nSPS) is 10.7. The first-order chi connectivity index (χ1) is 12.9. The van der Waals surface area contributed by atoms with E-state index in [9.17, 15) is 18.0 Å². The Hall–Kier alpha value is -2.44. The molecule has 0 aliphatic carbocycles. The summed E-state index contributed by atoms with van der Waals surface area (Å²) in [5, 5.41) is 2.91. The molecule has 0 aliphatic rings. The molecule has 0 atom stereocenters. The summed E-state index contributed by atoms with van der Waals surface area (Å²) in [6.07, 6.45) is 0. The molecule has 3 rings (SSSR count). The minimum Gasteiger partial charge on any atom is -0.319 e. The molecule has 0 bridgehead atoms. The maximum Gasteiger partial charge on any atom is 0.255 e. The summed E-state index contributed by atoms with van der Waals surface area (Å²) in [5.74, 6) is -4.28. The summed E-state index contributed by atoms with van der Waals surface area (Å²) in [4.78, 5) is 13.2. The monoisotopic (exact) mass is 407 g/mol. The molecule has 0 heterocycles. The van der Waals surface area contributed by atoms with Crippen LogP contribution in [0, 0.1) is 17.5 Å². The zero-order valence-electron chi connectivity index (χ0n) is 13.8. The lowest BCUT2D eigenvalue weighted by molar-refractivity contribution is 0.102. The summed E-state index contributed by atoms with van der Waals surface area (Å²) in [6.45, 7) is 0. The van der Waals surface area contributed by atoms with Crippen LogP contribution in [0.3, 0.4) is 0 Å². The first kappa shape index (κ1) is 19.3. The number of amides is 1. The van der Waals surface area contributed by atoms with Crippen molar-refractivity contribution in [2.45, 2.75) is 10.6 Å². The second kappa shape index (κ2) is 8.50. The van der Waals surface area contributed by atoms with Crippen molar-refractivity contribution in [2.24, 2.45) is 0 Å². The van der Waals surface area contributed by atoms with Gasteiger partial charge in [-0.2, -0.15) is 0 Å². The van der Waals surface area contributed by atoms with Crippen molar-refractivity contribution in [1.82, 2.24) is 0 Å². The number of carbonyl (C=O) groups is 1. The van der Waals surface area contributed by atoms with Crippen LogP contribution in [0.5, 0.6) is 0 Å². The van der Waals surface area contributed by atoms with Crippen LogP contribution in [-0.4, -0.2) is 5.91 Å². The summed E-state index contributed by atoms with van der Waals surface area (Å²) < 4.78 is 39.8. The Kier molecular flexibility index (Phi) is 6.08. The minimum atomic E-state index is -1.62. The van der Waals surface area contributed by atoms with Gasteiger partial charge in [0.1, 0.15) is 0 Å². The van der Waals surface area contributed by atoms with Gasteiger partial charge < -0.3 is 5.32 Å². The quantitative estimate of drug-likeness (QED) is 0.397. The van der Waals surface area contributed by atoms with E-state index in [-0.39, 0.29) is 5.56 Å². The number of benzene rings is 3. The van der Waals surface area contributed by atoms with Crippen LogP contribution in [0.1, 0.15) is 15.9 Å². The van der Waals surface area contributed by atoms with Gasteiger partial charge >= 0.3 is 0 Å². The van der Waals surface area contributed by atoms with Crippen LogP contribution >= 0.6 is 23.4 Å². The van der Waals surface area contributed by atoms with E-state index in [4.69, 9.17) is 11.6 Å². The SMILES string of the molecule is O=C(Nc1ccc(F)c(F)c1F)c1ccc(CSc2ccc(Cl)cc2)cc1. The summed E-state index contributed by atoms with van der Waals surface area (Å²) in [6, 6.07) is 15.9. The van der Waals surface area contributed by atoms with Crippen molar-refractivity contribution >= 4 is 35.0 Å². The number of anilines is 1. The van der Waals surface area contributed by atoms with Crippen LogP contribution in [0.25, 0.3) is 0 Å². The molecule has 27 heavy (non-hydrogen) atoms. The topological polar surface area (TPSA) is 29.1 Å². The fourth-order valence-corrected chi connectivity index (χ4v) is 3.25. The third-order valence-electron chi connectivity index (χ3n) is 3.72. The molecule has 138 valence electrons. The highest BCUT2D eigenvalue weighted by Gasteiger charge is 2.16. The fraction of sp³-hybridized carbons (Fsp3) is 0.0500. The Morgan fingerprint density at radius 1 is 0.889 bits per heavy atom. The van der Waals surface area contributed by atoms with Gasteiger partial charge in [-0.15, -0.1) is 11.8 Å². The zero-order valence-corrected chi connectivity index (χ0v) is 15.4. The lowest BCUT2D eigenvalue weighted by Gasteiger charge is -2.08. The number of rotatable bonds is 5. The van der Waals surface area contributed by atoms with E-state index < -0.39 is 29.0 Å². The standard InChI is InChI=1S/C20H13ClF3NOS/c21-14-5-7-15(8-6-14)27-11-12-1-3-13(4-2-12)20(26)25-17-10-9-16(22)18(23)19(17)24/h1-10H,11H2,(H,25,26). The van der Waals surface area contributed by atoms with Crippen molar-refractivity contribution < 1.29 is 18.0 Å². The van der Waals surface area contributed by atoms with E-state index in [1.165, 1.54) is 0 Å². The second-order valence-electron chi connectivity index (χ2n) is 5.62. The molecule has 3 aromatic carbocycles. The highest BCUT2D eigenvalue weighted by Crippen LogP contribution is 2.25. The molecule has 0 saturated heterocycles. The predicted molar refractivity (Wildman–Crippen MR) is 102 cm³/mol. The molecule has 2 nitrogen and oxygen atoms in total. The number of carbonyl (C=O) groups excluding carboxylic acids is 1. The molecule has 1 amide bonds. The highest BCUT2D eigenvalue weighted by atomic mass is 35.5. The Balaban J connectivity index is 1.63. The predicted octanol–water partition coefficient (Wildman–Crippen LogP) is 6.30. The van der Waals surface area contributed by atoms with Gasteiger partial charge in [-0.05, 0) is 54.1 Å². The van der Waals surface area contributed by atoms with Crippen molar-refractivity contribution in [1.29, 1.82) is 0 Å². The van der Waals surface area contributed by atoms with Crippen LogP contribution in [0.2, 0.25) is 5.02 Å². The average Bonchev–Trinajstić information content (AvgIpc) is 2.68. The van der Waals surface area contributed by atoms with Crippen molar-refractivity contribution in [3.63, 3.8) is 0 Å². The first-order valence-electron chi connectivity index (χ1n) is 7.86. The summed E-state index contributed by atoms with van der Waals surface area (Å²) in [5.41, 5.74) is 0.853. The van der Waals surface area contributed by atoms with E-state index in [2.05, 4.69) is 5.32 Å². The minimum absolute atomic E-state index is 0.277. The number of hydrogen-bond acceptors (Lipinski definition) is 2. The van der Waals surface area contributed by atoms with E-state index in [1.54, 1.807) is 36.0 Å². The van der Waals surface area contributed by atoms with Gasteiger partial charge in [-0.3, -0.25) is 4.79 Å². The molecule has 0 saturated carbocycles. The number of halogens is 4. The molecule has 3 aromatic rings. The molecular weight excluding hydrogens is 395 g/mol. The molecule has 0 spiro atoms. The van der Waals surface area contributed by atoms with Crippen LogP contribution in [-0.2, 0) is 5.75 Å². The van der Waals surface area contributed by atoms with E-state index >= 15 is 0 Å². The number of nitrogens with one attached hydrogen (secondary N) is 1. The Morgan fingerprint density at radius 3 is 2.22 bits per heavy atom. The molecule has 7 heteroatoms. The second-order valence-corrected chi connectivity index (χ2v) is 7.10. The maximum absolute atomic E-state index is 13.6. The van der Waals surface area contributed by atoms with Crippen molar-refractivity contribution in [3.8, 4) is 0 Å². The van der Waals surface area contributed by atoms with E-state index in [0.717, 1.165) is 22.6 Å². The van der Waals surface area contributed by atoms with Crippen LogP contribution in [0.4, 0.5) is 18.9 Å². The largest absolute Gasteiger partial charge is 0.319 e. The van der Waals surface area contributed by atoms with Gasteiger partial charge in [-0.1, -0.05) is 23.7 Å². The smallest absolute Gasteiger partial charge is 0.255 e. The third-order valence-corrected chi connectivity index (χ3v) is 5.05. The number of thioether (sulfide) groups is 1. The number of hydrogen-bond donors (Lipinski definition) is 1. The van der Waals surface area contributed by atoms with Gasteiger partial charge in [-0.25, -0.2) is 13.2 Å². The fourth-order valence-electron chi connectivity index (χ4n) is 2.27. The Bertz CT molecular complexity index is 962. The lowest BCUT2D eigenvalue weighted by Crippen LogP contribution is -2.13. The van der Waals surface area contributed by atoms with Gasteiger partial charge in [0.2, 0.25) is 0 Å². The first-order valence-corrected chi connectivity index (χ1v) is 9.22. The zero-order chi connectivity index (χ0) is 19.4. The van der Waals surface area contributed by atoms with Crippen molar-refractivity contribution in [3.05, 3.63) is 94.3 Å². The van der Waals surface area contributed by atoms with Crippen LogP contribution in [0.15, 0.2) is 65.6 Å². The molecule has 0 radical (unpaired) electrons. The molecule has 1 N–H and O–H groups in total. The highest BCUT2D eigenvalue weighted by molar-refractivity contribution is 7.98. The summed E-state index contributed by atoms with van der Waals surface area (Å²) in [7, 11) is 0. The average molecular weight is 408 g/mol. The van der Waals surface area contributed by atoms with Gasteiger partial charge in [0.25, 0.3) is 5.91 Å². The third kappa shape index (κ3) is 4.84. The molecule has 0 fully saturated rings. The molecule has 0 aromatic heterocycles. The molecule has 0 aliphatic heterocycles. The van der Waals surface area contributed by atoms with E-state index in [1.807, 2.05) is 24.3 Å². The van der Waals surface area contributed by atoms with Crippen LogP contribution < -0.4 is 5.32 Å². The lowest BCUT2D eigenvalue weighted by atomic mass is 10.1. The Morgan fingerprint density at radius 2 is 1.56 bits per heavy atom. The molecular formula is C20H13ClF3NOS. The molecule has 0 unspecified atom stereocenters. The van der Waals surface area contributed by atoms with Gasteiger partial charge in [0.05, 0.1) is 5.69 Å². The van der Waals surface area contributed by atoms with Crippen molar-refractivity contribution in [2.75, 3.05) is 5.32 Å². The Labute approximate surface area is 163 Å². The van der Waals surface area contributed by atoms with Gasteiger partial charge in [0, 0.05) is 21.2 Å². The van der Waals surface area contributed by atoms with E-state index in [0.29, 0.717) is 10.8 Å². The maximum atomic E-state index is 13.6.